The molecular formula is C25H28Cl2N6. The summed E-state index contributed by atoms with van der Waals surface area (Å²) in [6.07, 6.45) is 8.81. The minimum atomic E-state index is 0. The Morgan fingerprint density at radius 1 is 0.909 bits per heavy atom. The maximum absolute atomic E-state index is 6.27. The number of hydrogen-bond acceptors (Lipinski definition) is 6. The molecule has 1 saturated heterocycles. The molecule has 0 amide bonds. The molecule has 2 aliphatic heterocycles. The standard InChI is InChI=1S/C25H27ClN6.ClH/c26-20-8-9-23-24(15-20)30-25(21-6-1-2-7-22(21)29-23)32-13-11-31(12-14-32)10-4-3-5-19-16-27-18-28-17-19;/h1-2,6-9,15-18,29H,3-5,10-14H2;1H. The number of aliphatic imine (C=N–C) groups is 1. The Hall–Kier alpha value is -2.67. The van der Waals surface area contributed by atoms with Gasteiger partial charge in [0.2, 0.25) is 0 Å². The number of halogens is 2. The fourth-order valence-electron chi connectivity index (χ4n) is 4.36. The molecule has 0 aliphatic carbocycles. The molecule has 1 fully saturated rings. The third kappa shape index (κ3) is 5.64. The highest BCUT2D eigenvalue weighted by Gasteiger charge is 2.24. The van der Waals surface area contributed by atoms with Crippen LogP contribution in [0, 0.1) is 0 Å². The summed E-state index contributed by atoms with van der Waals surface area (Å²) in [5, 5.41) is 4.24. The van der Waals surface area contributed by atoms with Crippen molar-refractivity contribution in [3.8, 4) is 0 Å². The lowest BCUT2D eigenvalue weighted by Crippen LogP contribution is -2.49. The van der Waals surface area contributed by atoms with Crippen molar-refractivity contribution in [1.29, 1.82) is 0 Å². The molecule has 0 spiro atoms. The van der Waals surface area contributed by atoms with Gasteiger partial charge >= 0.3 is 0 Å². The number of aromatic nitrogens is 2. The molecule has 0 saturated carbocycles. The van der Waals surface area contributed by atoms with Crippen molar-refractivity contribution in [3.63, 3.8) is 0 Å². The maximum Gasteiger partial charge on any atom is 0.138 e. The van der Waals surface area contributed by atoms with E-state index in [0.717, 1.165) is 74.0 Å². The van der Waals surface area contributed by atoms with Gasteiger partial charge in [0.25, 0.3) is 0 Å². The zero-order valence-electron chi connectivity index (χ0n) is 18.5. The number of rotatable bonds is 5. The second-order valence-electron chi connectivity index (χ2n) is 8.30. The Morgan fingerprint density at radius 3 is 2.52 bits per heavy atom. The van der Waals surface area contributed by atoms with Gasteiger partial charge < -0.3 is 10.2 Å². The predicted octanol–water partition coefficient (Wildman–Crippen LogP) is 5.33. The first-order valence-electron chi connectivity index (χ1n) is 11.2. The average Bonchev–Trinajstić information content (AvgIpc) is 2.99. The van der Waals surface area contributed by atoms with E-state index in [1.165, 1.54) is 12.0 Å². The third-order valence-electron chi connectivity index (χ3n) is 6.10. The van der Waals surface area contributed by atoms with E-state index in [9.17, 15) is 0 Å². The minimum absolute atomic E-state index is 0. The SMILES string of the molecule is Cl.Clc1ccc2c(c1)N=C(N1CCN(CCCCc3cncnc3)CC1)c1ccccc1N2. The second-order valence-corrected chi connectivity index (χ2v) is 8.74. The van der Waals surface area contributed by atoms with Gasteiger partial charge in [-0.05, 0) is 61.7 Å². The van der Waals surface area contributed by atoms with Gasteiger partial charge in [-0.25, -0.2) is 15.0 Å². The zero-order valence-corrected chi connectivity index (χ0v) is 20.0. The average molecular weight is 483 g/mol. The Balaban J connectivity index is 0.00000259. The van der Waals surface area contributed by atoms with Gasteiger partial charge in [-0.1, -0.05) is 23.7 Å². The highest BCUT2D eigenvalue weighted by molar-refractivity contribution is 6.31. The van der Waals surface area contributed by atoms with E-state index in [0.29, 0.717) is 5.02 Å². The maximum atomic E-state index is 6.27. The fourth-order valence-corrected chi connectivity index (χ4v) is 4.52. The van der Waals surface area contributed by atoms with Crippen LogP contribution >= 0.6 is 24.0 Å². The lowest BCUT2D eigenvalue weighted by atomic mass is 10.1. The number of nitrogens with zero attached hydrogens (tertiary/aromatic N) is 5. The first-order chi connectivity index (χ1) is 15.8. The smallest absolute Gasteiger partial charge is 0.138 e. The number of hydrogen-bond donors (Lipinski definition) is 1. The van der Waals surface area contributed by atoms with Gasteiger partial charge in [-0.2, -0.15) is 0 Å². The minimum Gasteiger partial charge on any atom is -0.353 e. The van der Waals surface area contributed by atoms with Crippen LogP contribution in [0.25, 0.3) is 0 Å². The Kier molecular flexibility index (Phi) is 7.81. The number of benzene rings is 2. The number of fused-ring (bicyclic) bond motifs is 2. The molecule has 1 aromatic heterocycles. The van der Waals surface area contributed by atoms with Crippen LogP contribution in [-0.2, 0) is 6.42 Å². The molecule has 33 heavy (non-hydrogen) atoms. The normalized spacial score (nSPS) is 15.4. The predicted molar refractivity (Wildman–Crippen MR) is 138 cm³/mol. The molecule has 5 rings (SSSR count). The van der Waals surface area contributed by atoms with E-state index in [2.05, 4.69) is 49.4 Å². The Morgan fingerprint density at radius 2 is 1.70 bits per heavy atom. The highest BCUT2D eigenvalue weighted by atomic mass is 35.5. The first-order valence-corrected chi connectivity index (χ1v) is 11.6. The van der Waals surface area contributed by atoms with Gasteiger partial charge in [0, 0.05) is 54.8 Å². The van der Waals surface area contributed by atoms with Crippen LogP contribution in [0.15, 0.2) is 66.2 Å². The molecule has 0 bridgehead atoms. The second kappa shape index (κ2) is 11.0. The molecule has 0 radical (unpaired) electrons. The summed E-state index contributed by atoms with van der Waals surface area (Å²) in [7, 11) is 0. The molecule has 6 nitrogen and oxygen atoms in total. The van der Waals surface area contributed by atoms with Crippen molar-refractivity contribution in [2.75, 3.05) is 38.0 Å². The number of piperazine rings is 1. The third-order valence-corrected chi connectivity index (χ3v) is 6.33. The molecule has 3 heterocycles. The lowest BCUT2D eigenvalue weighted by Gasteiger charge is -2.36. The Labute approximate surface area is 206 Å². The van der Waals surface area contributed by atoms with Gasteiger partial charge in [-0.3, -0.25) is 4.90 Å². The highest BCUT2D eigenvalue weighted by Crippen LogP contribution is 2.36. The van der Waals surface area contributed by atoms with Crippen molar-refractivity contribution in [3.05, 3.63) is 77.3 Å². The molecule has 3 aromatic rings. The quantitative estimate of drug-likeness (QED) is 0.498. The number of amidine groups is 1. The van der Waals surface area contributed by atoms with Crippen molar-refractivity contribution in [1.82, 2.24) is 19.8 Å². The van der Waals surface area contributed by atoms with E-state index >= 15 is 0 Å². The van der Waals surface area contributed by atoms with Crippen LogP contribution < -0.4 is 5.32 Å². The monoisotopic (exact) mass is 482 g/mol. The van der Waals surface area contributed by atoms with Crippen LogP contribution in [0.4, 0.5) is 17.1 Å². The van der Waals surface area contributed by atoms with Crippen molar-refractivity contribution >= 4 is 46.9 Å². The largest absolute Gasteiger partial charge is 0.353 e. The summed E-state index contributed by atoms with van der Waals surface area (Å²) in [6.45, 7) is 5.16. The molecule has 1 N–H and O–H groups in total. The summed E-state index contributed by atoms with van der Waals surface area (Å²) in [6, 6.07) is 14.2. The number of nitrogens with one attached hydrogen (secondary N) is 1. The molecule has 0 unspecified atom stereocenters. The van der Waals surface area contributed by atoms with Gasteiger partial charge in [0.05, 0.1) is 11.4 Å². The van der Waals surface area contributed by atoms with Gasteiger partial charge in [0.15, 0.2) is 0 Å². The van der Waals surface area contributed by atoms with E-state index in [4.69, 9.17) is 16.6 Å². The zero-order chi connectivity index (χ0) is 21.8. The summed E-state index contributed by atoms with van der Waals surface area (Å²) in [5.74, 6) is 1.03. The number of para-hydroxylation sites is 1. The van der Waals surface area contributed by atoms with Crippen LogP contribution in [0.1, 0.15) is 24.0 Å². The van der Waals surface area contributed by atoms with E-state index < -0.39 is 0 Å². The van der Waals surface area contributed by atoms with Crippen LogP contribution in [0.3, 0.4) is 0 Å². The van der Waals surface area contributed by atoms with Gasteiger partial charge in [-0.15, -0.1) is 12.4 Å². The Bertz CT molecular complexity index is 1100. The molecular weight excluding hydrogens is 455 g/mol. The molecule has 0 atom stereocenters. The fraction of sp³-hybridized carbons (Fsp3) is 0.320. The number of anilines is 2. The van der Waals surface area contributed by atoms with Crippen LogP contribution in [0.5, 0.6) is 0 Å². The first kappa shape index (κ1) is 23.5. The molecule has 2 aliphatic rings. The molecule has 8 heteroatoms. The molecule has 2 aromatic carbocycles. The van der Waals surface area contributed by atoms with Crippen LogP contribution in [0.2, 0.25) is 5.02 Å². The van der Waals surface area contributed by atoms with Crippen LogP contribution in [-0.4, -0.2) is 58.3 Å². The summed E-state index contributed by atoms with van der Waals surface area (Å²) >= 11 is 6.27. The van der Waals surface area contributed by atoms with Crippen molar-refractivity contribution in [2.24, 2.45) is 4.99 Å². The van der Waals surface area contributed by atoms with E-state index in [1.54, 1.807) is 6.33 Å². The van der Waals surface area contributed by atoms with Crippen molar-refractivity contribution < 1.29 is 0 Å². The van der Waals surface area contributed by atoms with Gasteiger partial charge in [0.1, 0.15) is 12.2 Å². The van der Waals surface area contributed by atoms with E-state index in [-0.39, 0.29) is 12.4 Å². The summed E-state index contributed by atoms with van der Waals surface area (Å²) in [5.41, 5.74) is 5.31. The van der Waals surface area contributed by atoms with E-state index in [1.807, 2.05) is 30.6 Å². The topological polar surface area (TPSA) is 56.7 Å². The van der Waals surface area contributed by atoms with Crippen molar-refractivity contribution in [2.45, 2.75) is 19.3 Å². The number of aryl methyl sites for hydroxylation is 1. The molecule has 172 valence electrons. The summed E-state index contributed by atoms with van der Waals surface area (Å²) < 4.78 is 0. The summed E-state index contributed by atoms with van der Waals surface area (Å²) in [4.78, 5) is 18.2. The number of unbranched alkanes of at least 4 members (excludes halogenated alkanes) is 1. The lowest BCUT2D eigenvalue weighted by molar-refractivity contribution is 0.180.